The van der Waals surface area contributed by atoms with Crippen molar-refractivity contribution in [3.8, 4) is 0 Å². The van der Waals surface area contributed by atoms with Crippen LogP contribution >= 0.6 is 0 Å². The molecule has 2 N–H and O–H groups in total. The average molecular weight is 504 g/mol. The van der Waals surface area contributed by atoms with Crippen molar-refractivity contribution in [2.24, 2.45) is 11.8 Å². The van der Waals surface area contributed by atoms with Crippen LogP contribution in [0.1, 0.15) is 25.7 Å². The average Bonchev–Trinajstić information content (AvgIpc) is 2.90. The number of hydrogen-bond acceptors (Lipinski definition) is 6. The van der Waals surface area contributed by atoms with Gasteiger partial charge in [-0.15, -0.1) is 0 Å². The third kappa shape index (κ3) is 5.29. The lowest BCUT2D eigenvalue weighted by Crippen LogP contribution is -2.32. The van der Waals surface area contributed by atoms with Crippen molar-refractivity contribution in [3.05, 3.63) is 66.7 Å². The molecule has 0 atom stereocenters. The van der Waals surface area contributed by atoms with Gasteiger partial charge in [-0.2, -0.15) is 4.98 Å². The first kappa shape index (κ1) is 24.5. The minimum Gasteiger partial charge on any atom is -0.362 e. The Labute approximate surface area is 213 Å². The van der Waals surface area contributed by atoms with E-state index in [1.165, 1.54) is 0 Å². The molecule has 0 unspecified atom stereocenters. The second kappa shape index (κ2) is 10.4. The SMILES string of the molecule is CN(C)c1nc(NCC2CCC(CNS(=O)(=O)c3cccc4ccccc34)CC2)nc2ccccc12. The Hall–Kier alpha value is -3.23. The minimum atomic E-state index is -3.56. The van der Waals surface area contributed by atoms with Gasteiger partial charge in [-0.1, -0.05) is 48.5 Å². The topological polar surface area (TPSA) is 87.2 Å². The molecule has 0 aliphatic heterocycles. The van der Waals surface area contributed by atoms with Crippen molar-refractivity contribution in [3.63, 3.8) is 0 Å². The first-order valence-electron chi connectivity index (χ1n) is 12.6. The number of hydrogen-bond donors (Lipinski definition) is 2. The van der Waals surface area contributed by atoms with E-state index < -0.39 is 10.0 Å². The van der Waals surface area contributed by atoms with Crippen LogP contribution < -0.4 is 14.9 Å². The molecule has 1 aromatic heterocycles. The van der Waals surface area contributed by atoms with Gasteiger partial charge < -0.3 is 10.2 Å². The standard InChI is InChI=1S/C28H33N5O2S/c1-33(2)27-24-11-5-6-12-25(24)31-28(32-27)29-18-20-14-16-21(17-15-20)19-30-36(34,35)26-13-7-9-22-8-3-4-10-23(22)26/h3-13,20-21,30H,14-19H2,1-2H3,(H,29,31,32). The monoisotopic (exact) mass is 503 g/mol. The number of rotatable bonds is 8. The third-order valence-electron chi connectivity index (χ3n) is 7.12. The maximum atomic E-state index is 13.0. The molecule has 4 aromatic rings. The maximum Gasteiger partial charge on any atom is 0.241 e. The van der Waals surface area contributed by atoms with Crippen molar-refractivity contribution in [2.75, 3.05) is 37.4 Å². The number of nitrogens with zero attached hydrogens (tertiary/aromatic N) is 3. The van der Waals surface area contributed by atoms with Crippen molar-refractivity contribution < 1.29 is 8.42 Å². The smallest absolute Gasteiger partial charge is 0.241 e. The molecule has 1 saturated carbocycles. The zero-order chi connectivity index (χ0) is 25.1. The van der Waals surface area contributed by atoms with Gasteiger partial charge in [0.2, 0.25) is 16.0 Å². The maximum absolute atomic E-state index is 13.0. The fraction of sp³-hybridized carbons (Fsp3) is 0.357. The predicted molar refractivity (Wildman–Crippen MR) is 147 cm³/mol. The molecule has 1 heterocycles. The van der Waals surface area contributed by atoms with Crippen molar-refractivity contribution in [1.82, 2.24) is 14.7 Å². The zero-order valence-electron chi connectivity index (χ0n) is 20.8. The van der Waals surface area contributed by atoms with Crippen LogP contribution in [-0.2, 0) is 10.0 Å². The van der Waals surface area contributed by atoms with Gasteiger partial charge in [0.1, 0.15) is 5.82 Å². The summed E-state index contributed by atoms with van der Waals surface area (Å²) in [7, 11) is 0.431. The Bertz CT molecular complexity index is 1460. The van der Waals surface area contributed by atoms with E-state index in [1.807, 2.05) is 73.6 Å². The molecule has 1 fully saturated rings. The van der Waals surface area contributed by atoms with Crippen LogP contribution in [0, 0.1) is 11.8 Å². The van der Waals surface area contributed by atoms with Crippen LogP contribution in [-0.4, -0.2) is 45.6 Å². The van der Waals surface area contributed by atoms with Crippen LogP contribution in [0.2, 0.25) is 0 Å². The number of anilines is 2. The highest BCUT2D eigenvalue weighted by Crippen LogP contribution is 2.30. The Morgan fingerprint density at radius 3 is 2.19 bits per heavy atom. The van der Waals surface area contributed by atoms with E-state index in [0.29, 0.717) is 29.2 Å². The summed E-state index contributed by atoms with van der Waals surface area (Å²) in [6.45, 7) is 1.30. The van der Waals surface area contributed by atoms with Gasteiger partial charge in [0, 0.05) is 38.0 Å². The number of aromatic nitrogens is 2. The van der Waals surface area contributed by atoms with Crippen molar-refractivity contribution in [2.45, 2.75) is 30.6 Å². The number of nitrogens with one attached hydrogen (secondary N) is 2. The Balaban J connectivity index is 1.15. The summed E-state index contributed by atoms with van der Waals surface area (Å²) in [5.74, 6) is 2.43. The molecule has 8 heteroatoms. The fourth-order valence-electron chi connectivity index (χ4n) is 5.09. The van der Waals surface area contributed by atoms with E-state index in [9.17, 15) is 8.42 Å². The van der Waals surface area contributed by atoms with Gasteiger partial charge in [0.15, 0.2) is 0 Å². The Morgan fingerprint density at radius 1 is 0.806 bits per heavy atom. The van der Waals surface area contributed by atoms with Crippen LogP contribution in [0.3, 0.4) is 0 Å². The highest BCUT2D eigenvalue weighted by molar-refractivity contribution is 7.89. The summed E-state index contributed by atoms with van der Waals surface area (Å²) >= 11 is 0. The van der Waals surface area contributed by atoms with Crippen LogP contribution in [0.25, 0.3) is 21.7 Å². The highest BCUT2D eigenvalue weighted by Gasteiger charge is 2.24. The largest absolute Gasteiger partial charge is 0.362 e. The molecular formula is C28H33N5O2S. The van der Waals surface area contributed by atoms with Gasteiger partial charge in [-0.25, -0.2) is 18.1 Å². The molecule has 0 saturated heterocycles. The van der Waals surface area contributed by atoms with E-state index in [0.717, 1.165) is 59.7 Å². The summed E-state index contributed by atoms with van der Waals surface area (Å²) in [5, 5.41) is 6.18. The van der Waals surface area contributed by atoms with Gasteiger partial charge >= 0.3 is 0 Å². The molecule has 0 amide bonds. The Morgan fingerprint density at radius 2 is 1.44 bits per heavy atom. The number of benzene rings is 3. The quantitative estimate of drug-likeness (QED) is 0.350. The first-order valence-corrected chi connectivity index (χ1v) is 14.0. The molecular weight excluding hydrogens is 470 g/mol. The number of fused-ring (bicyclic) bond motifs is 2. The second-order valence-corrected chi connectivity index (χ2v) is 11.6. The Kier molecular flexibility index (Phi) is 7.07. The molecule has 188 valence electrons. The lowest BCUT2D eigenvalue weighted by atomic mass is 9.82. The minimum absolute atomic E-state index is 0.350. The van der Waals surface area contributed by atoms with Gasteiger partial charge in [0.05, 0.1) is 10.4 Å². The summed E-state index contributed by atoms with van der Waals surface area (Å²) in [4.78, 5) is 11.8. The summed E-state index contributed by atoms with van der Waals surface area (Å²) in [6.07, 6.45) is 4.13. The van der Waals surface area contributed by atoms with E-state index >= 15 is 0 Å². The third-order valence-corrected chi connectivity index (χ3v) is 8.60. The van der Waals surface area contributed by atoms with Crippen LogP contribution in [0.5, 0.6) is 0 Å². The van der Waals surface area contributed by atoms with E-state index in [2.05, 4.69) is 10.0 Å². The number of sulfonamides is 1. The van der Waals surface area contributed by atoms with Crippen molar-refractivity contribution >= 4 is 43.5 Å². The predicted octanol–water partition coefficient (Wildman–Crippen LogP) is 5.05. The number of para-hydroxylation sites is 1. The van der Waals surface area contributed by atoms with E-state index in [1.54, 1.807) is 12.1 Å². The molecule has 0 bridgehead atoms. The molecule has 1 aliphatic carbocycles. The summed E-state index contributed by atoms with van der Waals surface area (Å²) in [5.41, 5.74) is 0.931. The normalized spacial score (nSPS) is 18.4. The second-order valence-electron chi connectivity index (χ2n) is 9.88. The van der Waals surface area contributed by atoms with E-state index in [4.69, 9.17) is 9.97 Å². The molecule has 36 heavy (non-hydrogen) atoms. The molecule has 0 radical (unpaired) electrons. The highest BCUT2D eigenvalue weighted by atomic mass is 32.2. The molecule has 0 spiro atoms. The van der Waals surface area contributed by atoms with Crippen LogP contribution in [0.15, 0.2) is 71.6 Å². The summed E-state index contributed by atoms with van der Waals surface area (Å²) < 4.78 is 29.0. The van der Waals surface area contributed by atoms with Gasteiger partial charge in [0.25, 0.3) is 0 Å². The summed E-state index contributed by atoms with van der Waals surface area (Å²) in [6, 6.07) is 21.1. The lowest BCUT2D eigenvalue weighted by molar-refractivity contribution is 0.284. The van der Waals surface area contributed by atoms with Crippen molar-refractivity contribution in [1.29, 1.82) is 0 Å². The lowest BCUT2D eigenvalue weighted by Gasteiger charge is -2.29. The zero-order valence-corrected chi connectivity index (χ0v) is 21.6. The van der Waals surface area contributed by atoms with Crippen LogP contribution in [0.4, 0.5) is 11.8 Å². The van der Waals surface area contributed by atoms with E-state index in [-0.39, 0.29) is 0 Å². The van der Waals surface area contributed by atoms with Gasteiger partial charge in [-0.05, 0) is 61.1 Å². The first-order chi connectivity index (χ1) is 17.4. The molecule has 3 aromatic carbocycles. The molecule has 1 aliphatic rings. The molecule has 5 rings (SSSR count). The van der Waals surface area contributed by atoms with Gasteiger partial charge in [-0.3, -0.25) is 0 Å². The fourth-order valence-corrected chi connectivity index (χ4v) is 6.43. The molecule has 7 nitrogen and oxygen atoms in total.